The van der Waals surface area contributed by atoms with Gasteiger partial charge in [-0.3, -0.25) is 0 Å². The highest BCUT2D eigenvalue weighted by molar-refractivity contribution is 9.09. The molecule has 0 aromatic heterocycles. The number of hydrogen-bond donors (Lipinski definition) is 0. The van der Waals surface area contributed by atoms with Gasteiger partial charge < -0.3 is 0 Å². The van der Waals surface area contributed by atoms with Gasteiger partial charge in [0.25, 0.3) is 10.2 Å². The van der Waals surface area contributed by atoms with Crippen molar-refractivity contribution in [3.63, 3.8) is 0 Å². The molecule has 0 radical (unpaired) electrons. The Hall–Kier alpha value is 0.350. The van der Waals surface area contributed by atoms with Gasteiger partial charge in [-0.2, -0.15) is 17.0 Å². The normalized spacial score (nSPS) is 24.7. The summed E-state index contributed by atoms with van der Waals surface area (Å²) >= 11 is 3.25. The molecule has 0 spiro atoms. The van der Waals surface area contributed by atoms with E-state index in [0.717, 1.165) is 12.8 Å². The molecule has 1 atom stereocenters. The fourth-order valence-electron chi connectivity index (χ4n) is 1.79. The first-order valence-electron chi connectivity index (χ1n) is 5.26. The topological polar surface area (TPSA) is 40.6 Å². The lowest BCUT2D eigenvalue weighted by Crippen LogP contribution is -2.46. The van der Waals surface area contributed by atoms with Gasteiger partial charge in [-0.25, -0.2) is 0 Å². The average Bonchev–Trinajstić information content (AvgIpc) is 2.18. The van der Waals surface area contributed by atoms with Crippen LogP contribution in [0.3, 0.4) is 0 Å². The largest absolute Gasteiger partial charge is 0.281 e. The second-order valence-corrected chi connectivity index (χ2v) is 6.95. The van der Waals surface area contributed by atoms with Crippen molar-refractivity contribution in [2.75, 3.05) is 32.0 Å². The molecular weight excluding hydrogens is 280 g/mol. The van der Waals surface area contributed by atoms with Crippen LogP contribution in [0, 0.1) is 5.92 Å². The van der Waals surface area contributed by atoms with Crippen LogP contribution in [0.25, 0.3) is 0 Å². The van der Waals surface area contributed by atoms with Crippen molar-refractivity contribution in [3.8, 4) is 0 Å². The summed E-state index contributed by atoms with van der Waals surface area (Å²) in [5.41, 5.74) is 0. The maximum absolute atomic E-state index is 12.1. The molecule has 6 heteroatoms. The Kier molecular flexibility index (Phi) is 5.02. The van der Waals surface area contributed by atoms with E-state index < -0.39 is 10.2 Å². The minimum Gasteiger partial charge on any atom is -0.195 e. The van der Waals surface area contributed by atoms with Crippen molar-refractivity contribution in [1.82, 2.24) is 8.61 Å². The molecule has 15 heavy (non-hydrogen) atoms. The Balaban J connectivity index is 2.67. The van der Waals surface area contributed by atoms with Crippen molar-refractivity contribution >= 4 is 26.1 Å². The fourth-order valence-corrected chi connectivity index (χ4v) is 4.07. The van der Waals surface area contributed by atoms with Gasteiger partial charge in [-0.15, -0.1) is 0 Å². The van der Waals surface area contributed by atoms with Gasteiger partial charge in [0.2, 0.25) is 0 Å². The van der Waals surface area contributed by atoms with E-state index in [9.17, 15) is 8.42 Å². The summed E-state index contributed by atoms with van der Waals surface area (Å²) in [7, 11) is -1.59. The third kappa shape index (κ3) is 3.41. The zero-order valence-electron chi connectivity index (χ0n) is 9.32. The molecule has 1 aliphatic rings. The molecule has 0 amide bonds. The zero-order valence-corrected chi connectivity index (χ0v) is 11.7. The van der Waals surface area contributed by atoms with Gasteiger partial charge in [0.15, 0.2) is 0 Å². The van der Waals surface area contributed by atoms with E-state index >= 15 is 0 Å². The molecule has 1 fully saturated rings. The van der Waals surface area contributed by atoms with Gasteiger partial charge in [-0.05, 0) is 18.8 Å². The van der Waals surface area contributed by atoms with E-state index in [1.807, 2.05) is 0 Å². The van der Waals surface area contributed by atoms with Gasteiger partial charge >= 0.3 is 0 Å². The number of piperidine rings is 1. The van der Waals surface area contributed by atoms with E-state index in [2.05, 4.69) is 22.9 Å². The Labute approximate surface area is 101 Å². The second-order valence-electron chi connectivity index (χ2n) is 4.12. The fraction of sp³-hybridized carbons (Fsp3) is 1.00. The first-order valence-corrected chi connectivity index (χ1v) is 7.77. The summed E-state index contributed by atoms with van der Waals surface area (Å²) in [6.45, 7) is 3.95. The number of halogens is 1. The van der Waals surface area contributed by atoms with Gasteiger partial charge in [0.05, 0.1) is 0 Å². The third-order valence-corrected chi connectivity index (χ3v) is 5.05. The highest BCUT2D eigenvalue weighted by Crippen LogP contribution is 2.19. The molecule has 1 unspecified atom stereocenters. The molecule has 1 saturated heterocycles. The Morgan fingerprint density at radius 2 is 2.20 bits per heavy atom. The van der Waals surface area contributed by atoms with Crippen LogP contribution in [-0.2, 0) is 10.2 Å². The molecule has 90 valence electrons. The van der Waals surface area contributed by atoms with Gasteiger partial charge in [-0.1, -0.05) is 22.9 Å². The standard InChI is InChI=1S/C9H19BrN2O2S/c1-9-4-3-6-12(8-9)15(13,14)11(2)7-5-10/h9H,3-8H2,1-2H3. The summed E-state index contributed by atoms with van der Waals surface area (Å²) in [5.74, 6) is 0.478. The number of nitrogens with zero attached hydrogens (tertiary/aromatic N) is 2. The Bertz CT molecular complexity index is 294. The number of rotatable bonds is 4. The van der Waals surface area contributed by atoms with Crippen molar-refractivity contribution in [2.24, 2.45) is 5.92 Å². The predicted octanol–water partition coefficient (Wildman–Crippen LogP) is 1.29. The lowest BCUT2D eigenvalue weighted by atomic mass is 10.0. The summed E-state index contributed by atoms with van der Waals surface area (Å²) in [6.07, 6.45) is 2.11. The zero-order chi connectivity index (χ0) is 11.5. The van der Waals surface area contributed by atoms with Crippen LogP contribution in [-0.4, -0.2) is 49.0 Å². The van der Waals surface area contributed by atoms with Crippen molar-refractivity contribution < 1.29 is 8.42 Å². The molecule has 1 rings (SSSR count). The van der Waals surface area contributed by atoms with E-state index in [0.29, 0.717) is 30.9 Å². The molecule has 0 N–H and O–H groups in total. The summed E-state index contributed by atoms with van der Waals surface area (Å²) < 4.78 is 27.1. The minimum atomic E-state index is -3.22. The quantitative estimate of drug-likeness (QED) is 0.734. The number of hydrogen-bond acceptors (Lipinski definition) is 2. The van der Waals surface area contributed by atoms with Crippen LogP contribution in [0.1, 0.15) is 19.8 Å². The average molecular weight is 299 g/mol. The van der Waals surface area contributed by atoms with Crippen molar-refractivity contribution in [1.29, 1.82) is 0 Å². The molecule has 0 bridgehead atoms. The number of alkyl halides is 1. The van der Waals surface area contributed by atoms with E-state index in [1.165, 1.54) is 4.31 Å². The molecule has 0 aromatic carbocycles. The van der Waals surface area contributed by atoms with Crippen LogP contribution in [0.5, 0.6) is 0 Å². The van der Waals surface area contributed by atoms with Gasteiger partial charge in [0, 0.05) is 32.0 Å². The summed E-state index contributed by atoms with van der Waals surface area (Å²) in [4.78, 5) is 0. The molecule has 4 nitrogen and oxygen atoms in total. The minimum absolute atomic E-state index is 0.478. The van der Waals surface area contributed by atoms with E-state index in [1.54, 1.807) is 11.4 Å². The SMILES string of the molecule is CC1CCCN(S(=O)(=O)N(C)CCBr)C1. The summed E-state index contributed by atoms with van der Waals surface area (Å²) in [5, 5.41) is 0.673. The van der Waals surface area contributed by atoms with Crippen LogP contribution < -0.4 is 0 Å². The van der Waals surface area contributed by atoms with Crippen LogP contribution in [0.2, 0.25) is 0 Å². The highest BCUT2D eigenvalue weighted by atomic mass is 79.9. The molecule has 1 heterocycles. The molecule has 0 aromatic rings. The van der Waals surface area contributed by atoms with E-state index in [4.69, 9.17) is 0 Å². The maximum Gasteiger partial charge on any atom is 0.281 e. The molecule has 1 aliphatic heterocycles. The highest BCUT2D eigenvalue weighted by Gasteiger charge is 2.29. The first-order chi connectivity index (χ1) is 6.98. The lowest BCUT2D eigenvalue weighted by molar-refractivity contribution is 0.265. The second kappa shape index (κ2) is 5.61. The lowest BCUT2D eigenvalue weighted by Gasteiger charge is -2.32. The monoisotopic (exact) mass is 298 g/mol. The van der Waals surface area contributed by atoms with Crippen molar-refractivity contribution in [3.05, 3.63) is 0 Å². The summed E-state index contributed by atoms with van der Waals surface area (Å²) in [6, 6.07) is 0. The third-order valence-electron chi connectivity index (χ3n) is 2.74. The molecular formula is C9H19BrN2O2S. The Morgan fingerprint density at radius 1 is 1.53 bits per heavy atom. The van der Waals surface area contributed by atoms with Crippen LogP contribution in [0.4, 0.5) is 0 Å². The van der Waals surface area contributed by atoms with Gasteiger partial charge in [0.1, 0.15) is 0 Å². The Morgan fingerprint density at radius 3 is 2.73 bits per heavy atom. The smallest absolute Gasteiger partial charge is 0.195 e. The van der Waals surface area contributed by atoms with Crippen molar-refractivity contribution in [2.45, 2.75) is 19.8 Å². The van der Waals surface area contributed by atoms with E-state index in [-0.39, 0.29) is 0 Å². The maximum atomic E-state index is 12.1. The molecule has 0 aliphatic carbocycles. The van der Waals surface area contributed by atoms with Crippen LogP contribution >= 0.6 is 15.9 Å². The molecule has 0 saturated carbocycles. The predicted molar refractivity (Wildman–Crippen MR) is 65.3 cm³/mol. The van der Waals surface area contributed by atoms with Crippen LogP contribution in [0.15, 0.2) is 0 Å². The first kappa shape index (κ1) is 13.4.